The third-order valence-corrected chi connectivity index (χ3v) is 15.2. The van der Waals surface area contributed by atoms with Gasteiger partial charge in [-0.2, -0.15) is 0 Å². The van der Waals surface area contributed by atoms with Gasteiger partial charge in [0.25, 0.3) is 0 Å². The summed E-state index contributed by atoms with van der Waals surface area (Å²) in [7, 11) is 0. The summed E-state index contributed by atoms with van der Waals surface area (Å²) in [5, 5.41) is 4.30. The molecule has 0 aromatic heterocycles. The quantitative estimate of drug-likeness (QED) is 0.0249. The molecule has 0 amide bonds. The van der Waals surface area contributed by atoms with Crippen LogP contribution in [0.4, 0.5) is 0 Å². The van der Waals surface area contributed by atoms with Gasteiger partial charge in [-0.05, 0) is 107 Å². The van der Waals surface area contributed by atoms with E-state index in [1.807, 2.05) is 36.4 Å². The molecule has 0 spiro atoms. The number of unbranched alkanes of at least 4 members (excludes halogenated alkanes) is 24. The van der Waals surface area contributed by atoms with E-state index in [9.17, 15) is 28.8 Å². The van der Waals surface area contributed by atoms with Crippen LogP contribution >= 0.6 is 0 Å². The zero-order chi connectivity index (χ0) is 52.1. The van der Waals surface area contributed by atoms with Crippen molar-refractivity contribution in [1.29, 1.82) is 0 Å². The summed E-state index contributed by atoms with van der Waals surface area (Å²) in [5.74, 6) is -0.372. The zero-order valence-corrected chi connectivity index (χ0v) is 46.4. The van der Waals surface area contributed by atoms with Crippen molar-refractivity contribution in [3.05, 3.63) is 69.8 Å². The summed E-state index contributed by atoms with van der Waals surface area (Å²) in [6, 6.07) is 11.4. The second-order valence-electron chi connectivity index (χ2n) is 21.4. The molecule has 0 bridgehead atoms. The van der Waals surface area contributed by atoms with Crippen LogP contribution in [-0.2, 0) is 0 Å². The smallest absolute Gasteiger partial charge is 0.163 e. The molecule has 4 rings (SSSR count). The molecule has 6 nitrogen and oxygen atoms in total. The minimum absolute atomic E-state index is 0.0620. The van der Waals surface area contributed by atoms with Crippen LogP contribution < -0.4 is 0 Å². The van der Waals surface area contributed by atoms with Crippen molar-refractivity contribution in [2.75, 3.05) is 0 Å². The lowest BCUT2D eigenvalue weighted by Crippen LogP contribution is -2.12. The highest BCUT2D eigenvalue weighted by Gasteiger charge is 2.26. The van der Waals surface area contributed by atoms with Gasteiger partial charge in [-0.1, -0.05) is 196 Å². The Kier molecular flexibility index (Phi) is 28.6. The van der Waals surface area contributed by atoms with Crippen molar-refractivity contribution in [2.24, 2.45) is 0 Å². The Morgan fingerprint density at radius 3 is 0.458 bits per heavy atom. The maximum atomic E-state index is 14.6. The maximum Gasteiger partial charge on any atom is 0.163 e. The van der Waals surface area contributed by atoms with E-state index in [1.165, 1.54) is 0 Å². The molecule has 0 saturated heterocycles. The predicted molar refractivity (Wildman–Crippen MR) is 305 cm³/mol. The van der Waals surface area contributed by atoms with Gasteiger partial charge in [0.1, 0.15) is 0 Å². The van der Waals surface area contributed by atoms with Gasteiger partial charge in [0.05, 0.1) is 0 Å². The average Bonchev–Trinajstić information content (AvgIpc) is 3.39. The van der Waals surface area contributed by atoms with Crippen LogP contribution in [0.5, 0.6) is 0 Å². The Morgan fingerprint density at radius 2 is 0.333 bits per heavy atom. The second-order valence-corrected chi connectivity index (χ2v) is 21.4. The summed E-state index contributed by atoms with van der Waals surface area (Å²) in [6.45, 7) is 13.1. The third-order valence-electron chi connectivity index (χ3n) is 15.2. The first kappa shape index (κ1) is 60.2. The van der Waals surface area contributed by atoms with Gasteiger partial charge in [-0.25, -0.2) is 0 Å². The van der Waals surface area contributed by atoms with Gasteiger partial charge in [0, 0.05) is 71.9 Å². The molecule has 0 fully saturated rings. The van der Waals surface area contributed by atoms with Crippen LogP contribution in [-0.4, -0.2) is 34.7 Å². The van der Waals surface area contributed by atoms with Crippen LogP contribution in [0.15, 0.2) is 36.4 Å². The topological polar surface area (TPSA) is 102 Å². The van der Waals surface area contributed by atoms with Crippen molar-refractivity contribution < 1.29 is 28.8 Å². The second kappa shape index (κ2) is 34.2. The Bertz CT molecular complexity index is 1910. The number of Topliss-reactive ketones (excluding diaryl/α,β-unsaturated/α-hetero) is 6. The van der Waals surface area contributed by atoms with Gasteiger partial charge < -0.3 is 0 Å². The van der Waals surface area contributed by atoms with E-state index in [1.54, 1.807) is 0 Å². The van der Waals surface area contributed by atoms with Crippen molar-refractivity contribution in [3.8, 4) is 0 Å². The first-order chi connectivity index (χ1) is 35.1. The molecular weight excluding hydrogens is 889 g/mol. The number of benzene rings is 4. The molecule has 6 heteroatoms. The average molecular weight is 985 g/mol. The van der Waals surface area contributed by atoms with Crippen LogP contribution in [0, 0.1) is 0 Å². The monoisotopic (exact) mass is 985 g/mol. The fourth-order valence-corrected chi connectivity index (χ4v) is 10.7. The number of carbonyl (C=O) groups excluding carboxylic acids is 6. The number of hydrogen-bond donors (Lipinski definition) is 0. The minimum Gasteiger partial charge on any atom is -0.294 e. The molecule has 0 atom stereocenters. The fraction of sp³-hybridized carbons (Fsp3) is 0.636. The molecule has 0 aliphatic rings. The van der Waals surface area contributed by atoms with E-state index < -0.39 is 0 Å². The van der Waals surface area contributed by atoms with Crippen molar-refractivity contribution >= 4 is 67.0 Å². The van der Waals surface area contributed by atoms with Gasteiger partial charge in [-0.15, -0.1) is 0 Å². The maximum absolute atomic E-state index is 14.6. The van der Waals surface area contributed by atoms with E-state index in [-0.39, 0.29) is 34.7 Å². The largest absolute Gasteiger partial charge is 0.294 e. The van der Waals surface area contributed by atoms with Crippen LogP contribution in [0.1, 0.15) is 335 Å². The summed E-state index contributed by atoms with van der Waals surface area (Å²) in [6.07, 6.45) is 31.7. The fourth-order valence-electron chi connectivity index (χ4n) is 10.7. The first-order valence-corrected chi connectivity index (χ1v) is 29.8. The standard InChI is InChI=1S/C66H96O6/c1-7-13-19-25-31-37-61(67)55-43-49-50(44-56(55)62(68)38-32-26-20-14-8-2)52-46-58(64(70)40-34-28-22-16-10-4)60(66(72)42-36-30-24-18-12-6)48-54(52)53-47-59(65(71)41-35-29-23-17-11-5)57(45-51(49)53)63(69)39-33-27-21-15-9-3/h43-48H,7-42H2,1-6H3. The Hall–Kier alpha value is -4.32. The molecule has 0 radical (unpaired) electrons. The molecule has 0 aliphatic heterocycles. The summed E-state index contributed by atoms with van der Waals surface area (Å²) in [5.41, 5.74) is 2.45. The molecule has 0 saturated carbocycles. The van der Waals surface area contributed by atoms with Crippen molar-refractivity contribution in [3.63, 3.8) is 0 Å². The molecule has 0 heterocycles. The van der Waals surface area contributed by atoms with Crippen molar-refractivity contribution in [2.45, 2.75) is 273 Å². The number of carbonyl (C=O) groups is 6. The Labute approximate surface area is 436 Å². The summed E-state index contributed by atoms with van der Waals surface area (Å²) >= 11 is 0. The van der Waals surface area contributed by atoms with Gasteiger partial charge in [0.2, 0.25) is 0 Å². The van der Waals surface area contributed by atoms with E-state index in [4.69, 9.17) is 0 Å². The van der Waals surface area contributed by atoms with Crippen LogP contribution in [0.25, 0.3) is 32.3 Å². The predicted octanol–water partition coefficient (Wildman–Crippen LogP) is 20.4. The lowest BCUT2D eigenvalue weighted by molar-refractivity contribution is 0.0946. The van der Waals surface area contributed by atoms with Crippen molar-refractivity contribution in [1.82, 2.24) is 0 Å². The normalized spacial score (nSPS) is 11.6. The van der Waals surface area contributed by atoms with E-state index in [0.717, 1.165) is 225 Å². The third kappa shape index (κ3) is 18.6. The molecule has 0 unspecified atom stereocenters. The van der Waals surface area contributed by atoms with Crippen LogP contribution in [0.2, 0.25) is 0 Å². The molecule has 0 N–H and O–H groups in total. The molecule has 72 heavy (non-hydrogen) atoms. The number of rotatable bonds is 42. The highest BCUT2D eigenvalue weighted by atomic mass is 16.1. The van der Waals surface area contributed by atoms with Gasteiger partial charge >= 0.3 is 0 Å². The SMILES string of the molecule is CCCCCCCC(=O)c1cc2c3cc(C(=O)CCCCCCC)c(C(=O)CCCCCCC)cc3c3cc(C(=O)CCCCCCC)c(C(=O)CCCCCCC)cc3c2cc1C(=O)CCCCCCC. The van der Waals surface area contributed by atoms with E-state index in [0.29, 0.717) is 71.9 Å². The van der Waals surface area contributed by atoms with Gasteiger partial charge in [-0.3, -0.25) is 28.8 Å². The zero-order valence-electron chi connectivity index (χ0n) is 46.4. The number of hydrogen-bond acceptors (Lipinski definition) is 6. The minimum atomic E-state index is -0.0620. The van der Waals surface area contributed by atoms with Gasteiger partial charge in [0.15, 0.2) is 34.7 Å². The molecule has 0 aliphatic carbocycles. The van der Waals surface area contributed by atoms with E-state index in [2.05, 4.69) is 41.5 Å². The highest BCUT2D eigenvalue weighted by Crippen LogP contribution is 2.41. The highest BCUT2D eigenvalue weighted by molar-refractivity contribution is 6.31. The lowest BCUT2D eigenvalue weighted by Gasteiger charge is -2.19. The number of fused-ring (bicyclic) bond motifs is 6. The Morgan fingerprint density at radius 1 is 0.208 bits per heavy atom. The summed E-state index contributed by atoms with van der Waals surface area (Å²) in [4.78, 5) is 87.5. The summed E-state index contributed by atoms with van der Waals surface area (Å²) < 4.78 is 0. The molecule has 4 aromatic carbocycles. The first-order valence-electron chi connectivity index (χ1n) is 29.8. The molecule has 4 aromatic rings. The van der Waals surface area contributed by atoms with E-state index >= 15 is 0 Å². The number of ketones is 6. The Balaban J connectivity index is 2.12. The molecule has 396 valence electrons. The molecular formula is C66H96O6. The lowest BCUT2D eigenvalue weighted by atomic mass is 9.83. The van der Waals surface area contributed by atoms with Crippen LogP contribution in [0.3, 0.4) is 0 Å².